The lowest BCUT2D eigenvalue weighted by Gasteiger charge is -2.26. The third-order valence-electron chi connectivity index (χ3n) is 5.00. The normalized spacial score (nSPS) is 25.0. The number of fused-ring (bicyclic) bond motifs is 1. The summed E-state index contributed by atoms with van der Waals surface area (Å²) in [7, 11) is 0. The van der Waals surface area contributed by atoms with E-state index in [1.54, 1.807) is 0 Å². The van der Waals surface area contributed by atoms with Gasteiger partial charge in [-0.05, 0) is 23.6 Å². The average Bonchev–Trinajstić information content (AvgIpc) is 3.16. The van der Waals surface area contributed by atoms with Crippen molar-refractivity contribution >= 4 is 5.91 Å². The molecule has 5 heteroatoms. The smallest absolute Gasteiger partial charge is 0.226 e. The van der Waals surface area contributed by atoms with Crippen LogP contribution in [0.4, 0.5) is 0 Å². The second kappa shape index (κ2) is 7.25. The van der Waals surface area contributed by atoms with Crippen LogP contribution >= 0.6 is 0 Å². The summed E-state index contributed by atoms with van der Waals surface area (Å²) in [4.78, 5) is 12.7. The minimum absolute atomic E-state index is 0.00420. The van der Waals surface area contributed by atoms with E-state index in [9.17, 15) is 4.79 Å². The van der Waals surface area contributed by atoms with E-state index in [4.69, 9.17) is 4.74 Å². The van der Waals surface area contributed by atoms with Gasteiger partial charge >= 0.3 is 0 Å². The lowest BCUT2D eigenvalue weighted by atomic mass is 9.93. The zero-order valence-electron chi connectivity index (χ0n) is 14.1. The lowest BCUT2D eigenvalue weighted by Crippen LogP contribution is -2.40. The summed E-state index contributed by atoms with van der Waals surface area (Å²) < 4.78 is 5.81. The quantitative estimate of drug-likeness (QED) is 0.796. The third-order valence-corrected chi connectivity index (χ3v) is 5.00. The molecule has 130 valence electrons. The number of benzene rings is 2. The highest BCUT2D eigenvalue weighted by molar-refractivity contribution is 5.80. The Morgan fingerprint density at radius 3 is 2.80 bits per heavy atom. The molecular weight excluding hydrogens is 314 g/mol. The molecule has 0 aromatic heterocycles. The van der Waals surface area contributed by atoms with Crippen molar-refractivity contribution in [2.75, 3.05) is 19.7 Å². The van der Waals surface area contributed by atoms with Gasteiger partial charge in [0.05, 0.1) is 18.6 Å². The minimum Gasteiger partial charge on any atom is -0.493 e. The van der Waals surface area contributed by atoms with Crippen LogP contribution in [0.15, 0.2) is 54.6 Å². The van der Waals surface area contributed by atoms with Crippen LogP contribution in [-0.4, -0.2) is 25.6 Å². The van der Waals surface area contributed by atoms with Gasteiger partial charge in [-0.2, -0.15) is 0 Å². The van der Waals surface area contributed by atoms with Gasteiger partial charge in [-0.15, -0.1) is 0 Å². The highest BCUT2D eigenvalue weighted by atomic mass is 16.5. The maximum absolute atomic E-state index is 12.7. The Hall–Kier alpha value is -2.37. The van der Waals surface area contributed by atoms with Gasteiger partial charge in [0, 0.05) is 19.0 Å². The van der Waals surface area contributed by atoms with Crippen molar-refractivity contribution in [2.45, 2.75) is 12.5 Å². The van der Waals surface area contributed by atoms with Crippen molar-refractivity contribution in [3.8, 4) is 5.75 Å². The lowest BCUT2D eigenvalue weighted by molar-refractivity contribution is -0.125. The van der Waals surface area contributed by atoms with Crippen molar-refractivity contribution in [1.29, 1.82) is 0 Å². The van der Waals surface area contributed by atoms with Crippen LogP contribution in [0.25, 0.3) is 0 Å². The summed E-state index contributed by atoms with van der Waals surface area (Å²) in [6, 6.07) is 18.2. The fourth-order valence-electron chi connectivity index (χ4n) is 3.62. The van der Waals surface area contributed by atoms with Gasteiger partial charge in [-0.3, -0.25) is 10.2 Å². The highest BCUT2D eigenvalue weighted by Gasteiger charge is 2.34. The van der Waals surface area contributed by atoms with E-state index in [-0.39, 0.29) is 17.9 Å². The predicted molar refractivity (Wildman–Crippen MR) is 96.0 cm³/mol. The molecule has 2 aliphatic heterocycles. The van der Waals surface area contributed by atoms with Crippen LogP contribution in [0, 0.1) is 11.8 Å². The number of rotatable bonds is 4. The maximum atomic E-state index is 12.7. The number of carbonyl (C=O) groups is 1. The Labute approximate surface area is 147 Å². The number of hydrogen-bond acceptors (Lipinski definition) is 4. The second-order valence-electron chi connectivity index (χ2n) is 6.75. The molecule has 4 rings (SSSR count). The van der Waals surface area contributed by atoms with Gasteiger partial charge in [-0.1, -0.05) is 48.5 Å². The number of carbonyl (C=O) groups excluding carboxylic acids is 1. The molecule has 2 aromatic carbocycles. The van der Waals surface area contributed by atoms with Crippen LogP contribution < -0.4 is 20.9 Å². The summed E-state index contributed by atoms with van der Waals surface area (Å²) in [5.41, 5.74) is 8.69. The Kier molecular flexibility index (Phi) is 4.68. The van der Waals surface area contributed by atoms with Gasteiger partial charge in [-0.25, -0.2) is 5.43 Å². The zero-order chi connectivity index (χ0) is 17.1. The molecule has 3 N–H and O–H groups in total. The monoisotopic (exact) mass is 337 g/mol. The molecule has 2 aliphatic rings. The number of hydrazine groups is 1. The molecule has 1 fully saturated rings. The minimum atomic E-state index is -0.112. The summed E-state index contributed by atoms with van der Waals surface area (Å²) in [5, 5.41) is 3.13. The molecule has 2 aromatic rings. The molecule has 0 spiro atoms. The maximum Gasteiger partial charge on any atom is 0.226 e. The van der Waals surface area contributed by atoms with Crippen molar-refractivity contribution in [3.63, 3.8) is 0 Å². The first kappa shape index (κ1) is 16.1. The van der Waals surface area contributed by atoms with E-state index in [0.29, 0.717) is 25.6 Å². The third kappa shape index (κ3) is 3.52. The van der Waals surface area contributed by atoms with E-state index in [1.165, 1.54) is 5.56 Å². The number of para-hydroxylation sites is 1. The van der Waals surface area contributed by atoms with Crippen molar-refractivity contribution in [2.24, 2.45) is 11.8 Å². The number of ether oxygens (including phenoxy) is 1. The molecule has 3 atom stereocenters. The van der Waals surface area contributed by atoms with E-state index in [0.717, 1.165) is 17.7 Å². The fourth-order valence-corrected chi connectivity index (χ4v) is 3.62. The second-order valence-corrected chi connectivity index (χ2v) is 6.75. The van der Waals surface area contributed by atoms with Crippen molar-refractivity contribution < 1.29 is 9.53 Å². The molecule has 3 unspecified atom stereocenters. The zero-order valence-corrected chi connectivity index (χ0v) is 14.1. The molecule has 0 saturated carbocycles. The average molecular weight is 337 g/mol. The van der Waals surface area contributed by atoms with Gasteiger partial charge in [0.2, 0.25) is 5.91 Å². The molecule has 5 nitrogen and oxygen atoms in total. The fraction of sp³-hybridized carbons (Fsp3) is 0.350. The largest absolute Gasteiger partial charge is 0.493 e. The van der Waals surface area contributed by atoms with Gasteiger partial charge in [0.25, 0.3) is 0 Å². The summed E-state index contributed by atoms with van der Waals surface area (Å²) in [6.45, 7) is 1.93. The van der Waals surface area contributed by atoms with Crippen LogP contribution in [0.2, 0.25) is 0 Å². The Balaban J connectivity index is 1.35. The van der Waals surface area contributed by atoms with Crippen LogP contribution in [0.1, 0.15) is 17.2 Å². The first-order valence-electron chi connectivity index (χ1n) is 8.83. The molecule has 1 amide bonds. The first-order valence-corrected chi connectivity index (χ1v) is 8.83. The molecular formula is C20H23N3O2. The molecule has 0 bridgehead atoms. The Morgan fingerprint density at radius 2 is 1.92 bits per heavy atom. The Bertz CT molecular complexity index is 735. The van der Waals surface area contributed by atoms with Crippen molar-refractivity contribution in [1.82, 2.24) is 16.2 Å². The van der Waals surface area contributed by atoms with Crippen LogP contribution in [0.3, 0.4) is 0 Å². The number of nitrogens with one attached hydrogen (secondary N) is 3. The highest BCUT2D eigenvalue weighted by Crippen LogP contribution is 2.27. The summed E-state index contributed by atoms with van der Waals surface area (Å²) in [5.74, 6) is 1.26. The van der Waals surface area contributed by atoms with E-state index < -0.39 is 0 Å². The molecule has 25 heavy (non-hydrogen) atoms. The standard InChI is InChI=1S/C20H23N3O2/c24-20(17-12-22-23-19(17)15-6-2-1-3-7-15)21-11-14-10-16-8-4-5-9-18(16)25-13-14/h1-9,14,17,19,22-23H,10-13H2,(H,21,24). The van der Waals surface area contributed by atoms with E-state index >= 15 is 0 Å². The van der Waals surface area contributed by atoms with Gasteiger partial charge in [0.1, 0.15) is 5.75 Å². The summed E-state index contributed by atoms with van der Waals surface area (Å²) >= 11 is 0. The Morgan fingerprint density at radius 1 is 1.12 bits per heavy atom. The van der Waals surface area contributed by atoms with E-state index in [1.807, 2.05) is 36.4 Å². The topological polar surface area (TPSA) is 62.4 Å². The van der Waals surface area contributed by atoms with Crippen LogP contribution in [0.5, 0.6) is 5.75 Å². The van der Waals surface area contributed by atoms with E-state index in [2.05, 4.69) is 34.4 Å². The molecule has 2 heterocycles. The SMILES string of the molecule is O=C(NCC1COc2ccccc2C1)C1CNNC1c1ccccc1. The van der Waals surface area contributed by atoms with Crippen LogP contribution in [-0.2, 0) is 11.2 Å². The molecule has 0 radical (unpaired) electrons. The predicted octanol–water partition coefficient (Wildman–Crippen LogP) is 1.82. The number of hydrogen-bond donors (Lipinski definition) is 3. The van der Waals surface area contributed by atoms with Gasteiger partial charge < -0.3 is 10.1 Å². The number of amides is 1. The molecule has 1 saturated heterocycles. The molecule has 0 aliphatic carbocycles. The van der Waals surface area contributed by atoms with Gasteiger partial charge in [0.15, 0.2) is 0 Å². The summed E-state index contributed by atoms with van der Waals surface area (Å²) in [6.07, 6.45) is 0.944. The van der Waals surface area contributed by atoms with Crippen molar-refractivity contribution in [3.05, 3.63) is 65.7 Å². The first-order chi connectivity index (χ1) is 12.3.